The lowest BCUT2D eigenvalue weighted by molar-refractivity contribution is -0.0139. The van der Waals surface area contributed by atoms with Crippen molar-refractivity contribution >= 4 is 0 Å². The summed E-state index contributed by atoms with van der Waals surface area (Å²) in [5, 5.41) is 0. The number of hydrogen-bond donors (Lipinski definition) is 0. The van der Waals surface area contributed by atoms with Gasteiger partial charge in [-0.3, -0.25) is 0 Å². The van der Waals surface area contributed by atoms with Gasteiger partial charge in [-0.05, 0) is 32.6 Å². The lowest BCUT2D eigenvalue weighted by Gasteiger charge is -2.23. The zero-order valence-corrected chi connectivity index (χ0v) is 8.82. The van der Waals surface area contributed by atoms with E-state index in [4.69, 9.17) is 4.74 Å². The molecule has 0 amide bonds. The monoisotopic (exact) mass is 174 g/mol. The van der Waals surface area contributed by atoms with E-state index in [0.717, 1.165) is 13.0 Å². The van der Waals surface area contributed by atoms with E-state index in [1.54, 1.807) is 0 Å². The van der Waals surface area contributed by atoms with Crippen molar-refractivity contribution in [1.82, 2.24) is 0 Å². The Labute approximate surface area is 78.5 Å². The van der Waals surface area contributed by atoms with Gasteiger partial charge in [0.05, 0.1) is 5.60 Å². The first-order valence-electron chi connectivity index (χ1n) is 4.35. The maximum atomic E-state index is 5.61. The molecule has 0 saturated heterocycles. The van der Waals surface area contributed by atoms with Gasteiger partial charge in [-0.25, -0.2) is 0 Å². The molecule has 0 aliphatic heterocycles. The van der Waals surface area contributed by atoms with Crippen molar-refractivity contribution in [2.45, 2.75) is 61.0 Å². The smallest absolute Gasteiger partial charge is 0.0598 e. The lowest BCUT2D eigenvalue weighted by atomic mass is 9.93. The first kappa shape index (κ1) is 14.5. The summed E-state index contributed by atoms with van der Waals surface area (Å²) in [7, 11) is 0. The van der Waals surface area contributed by atoms with E-state index in [9.17, 15) is 0 Å². The van der Waals surface area contributed by atoms with E-state index in [0.29, 0.717) is 5.41 Å². The zero-order valence-electron chi connectivity index (χ0n) is 8.82. The van der Waals surface area contributed by atoms with E-state index >= 15 is 0 Å². The molecular weight excluding hydrogens is 148 g/mol. The van der Waals surface area contributed by atoms with Gasteiger partial charge in [0, 0.05) is 6.61 Å². The van der Waals surface area contributed by atoms with E-state index in [1.807, 2.05) is 0 Å². The minimum Gasteiger partial charge on any atom is -0.376 e. The number of ether oxygens (including phenoxy) is 1. The second-order valence-corrected chi connectivity index (χ2v) is 5.27. The molecule has 0 saturated carbocycles. The highest BCUT2D eigenvalue weighted by Gasteiger charge is 2.14. The molecule has 0 rings (SSSR count). The molecule has 0 fully saturated rings. The summed E-state index contributed by atoms with van der Waals surface area (Å²) < 4.78 is 5.61. The SMILES string of the molecule is C.CC(C)(C)CCOC(C)(C)C. The fourth-order valence-corrected chi connectivity index (χ4v) is 0.663. The zero-order chi connectivity index (χ0) is 9.12. The fraction of sp³-hybridized carbons (Fsp3) is 1.00. The van der Waals surface area contributed by atoms with Crippen LogP contribution in [0.2, 0.25) is 0 Å². The van der Waals surface area contributed by atoms with E-state index < -0.39 is 0 Å². The topological polar surface area (TPSA) is 9.23 Å². The maximum absolute atomic E-state index is 5.61. The molecule has 0 radical (unpaired) electrons. The van der Waals surface area contributed by atoms with Crippen LogP contribution in [0.25, 0.3) is 0 Å². The van der Waals surface area contributed by atoms with Gasteiger partial charge in [0.15, 0.2) is 0 Å². The number of hydrogen-bond acceptors (Lipinski definition) is 1. The molecule has 0 atom stereocenters. The van der Waals surface area contributed by atoms with Crippen LogP contribution in [0.15, 0.2) is 0 Å². The summed E-state index contributed by atoms with van der Waals surface area (Å²) in [6.45, 7) is 13.9. The van der Waals surface area contributed by atoms with Crippen LogP contribution in [-0.4, -0.2) is 12.2 Å². The second-order valence-electron chi connectivity index (χ2n) is 5.27. The minimum atomic E-state index is 0. The van der Waals surface area contributed by atoms with Crippen LogP contribution in [0, 0.1) is 5.41 Å². The molecule has 0 spiro atoms. The highest BCUT2D eigenvalue weighted by molar-refractivity contribution is 4.63. The van der Waals surface area contributed by atoms with Gasteiger partial charge in [-0.15, -0.1) is 0 Å². The Bertz CT molecular complexity index is 89.2. The van der Waals surface area contributed by atoms with E-state index in [-0.39, 0.29) is 13.0 Å². The molecule has 1 nitrogen and oxygen atoms in total. The Hall–Kier alpha value is -0.0400. The quantitative estimate of drug-likeness (QED) is 0.617. The molecule has 0 unspecified atom stereocenters. The predicted octanol–water partition coefficient (Wildman–Crippen LogP) is 3.87. The summed E-state index contributed by atoms with van der Waals surface area (Å²) in [6.07, 6.45) is 1.13. The highest BCUT2D eigenvalue weighted by atomic mass is 16.5. The molecule has 12 heavy (non-hydrogen) atoms. The first-order valence-corrected chi connectivity index (χ1v) is 4.35. The molecule has 76 valence electrons. The molecule has 0 heterocycles. The fourth-order valence-electron chi connectivity index (χ4n) is 0.663. The van der Waals surface area contributed by atoms with Crippen molar-refractivity contribution in [3.63, 3.8) is 0 Å². The van der Waals surface area contributed by atoms with Gasteiger partial charge < -0.3 is 4.74 Å². The Morgan fingerprint density at radius 2 is 1.33 bits per heavy atom. The molecule has 0 aliphatic rings. The minimum absolute atomic E-state index is 0. The van der Waals surface area contributed by atoms with Gasteiger partial charge in [0.1, 0.15) is 0 Å². The third kappa shape index (κ3) is 12.6. The summed E-state index contributed by atoms with van der Waals surface area (Å²) in [4.78, 5) is 0. The molecule has 0 N–H and O–H groups in total. The largest absolute Gasteiger partial charge is 0.376 e. The molecule has 0 aromatic carbocycles. The Morgan fingerprint density at radius 3 is 1.58 bits per heavy atom. The highest BCUT2D eigenvalue weighted by Crippen LogP contribution is 2.19. The molecule has 0 aliphatic carbocycles. The standard InChI is InChI=1S/C10H22O.CH4/c1-9(2,3)7-8-11-10(4,5)6;/h7-8H2,1-6H3;1H4. The van der Waals surface area contributed by atoms with Crippen LogP contribution >= 0.6 is 0 Å². The van der Waals surface area contributed by atoms with Crippen molar-refractivity contribution < 1.29 is 4.74 Å². The predicted molar refractivity (Wildman–Crippen MR) is 56.5 cm³/mol. The van der Waals surface area contributed by atoms with Crippen molar-refractivity contribution in [2.75, 3.05) is 6.61 Å². The van der Waals surface area contributed by atoms with Crippen molar-refractivity contribution in [3.8, 4) is 0 Å². The van der Waals surface area contributed by atoms with Crippen molar-refractivity contribution in [1.29, 1.82) is 0 Å². The van der Waals surface area contributed by atoms with Crippen LogP contribution in [0.3, 0.4) is 0 Å². The van der Waals surface area contributed by atoms with E-state index in [1.165, 1.54) is 0 Å². The lowest BCUT2D eigenvalue weighted by Crippen LogP contribution is -2.22. The average molecular weight is 174 g/mol. The Morgan fingerprint density at radius 1 is 0.917 bits per heavy atom. The summed E-state index contributed by atoms with van der Waals surface area (Å²) >= 11 is 0. The van der Waals surface area contributed by atoms with Gasteiger partial charge in [-0.1, -0.05) is 28.2 Å². The summed E-state index contributed by atoms with van der Waals surface area (Å²) in [6, 6.07) is 0. The molecular formula is C11H26O. The second kappa shape index (κ2) is 4.86. The third-order valence-electron chi connectivity index (χ3n) is 1.39. The van der Waals surface area contributed by atoms with Gasteiger partial charge in [0.2, 0.25) is 0 Å². The molecule has 0 aromatic heterocycles. The summed E-state index contributed by atoms with van der Waals surface area (Å²) in [5.74, 6) is 0. The average Bonchev–Trinajstić information content (AvgIpc) is 1.55. The van der Waals surface area contributed by atoms with Crippen molar-refractivity contribution in [3.05, 3.63) is 0 Å². The molecule has 1 heteroatoms. The first-order chi connectivity index (χ1) is 4.71. The normalized spacial score (nSPS) is 12.5. The van der Waals surface area contributed by atoms with Crippen LogP contribution in [0.5, 0.6) is 0 Å². The van der Waals surface area contributed by atoms with Gasteiger partial charge in [-0.2, -0.15) is 0 Å². The van der Waals surface area contributed by atoms with Crippen LogP contribution in [-0.2, 0) is 4.74 Å². The van der Waals surface area contributed by atoms with Crippen LogP contribution in [0.4, 0.5) is 0 Å². The van der Waals surface area contributed by atoms with Crippen LogP contribution < -0.4 is 0 Å². The van der Waals surface area contributed by atoms with Gasteiger partial charge >= 0.3 is 0 Å². The molecule has 0 aromatic rings. The third-order valence-corrected chi connectivity index (χ3v) is 1.39. The Balaban J connectivity index is 0. The maximum Gasteiger partial charge on any atom is 0.0598 e. The Kier molecular flexibility index (Phi) is 5.86. The van der Waals surface area contributed by atoms with Gasteiger partial charge in [0.25, 0.3) is 0 Å². The van der Waals surface area contributed by atoms with E-state index in [2.05, 4.69) is 41.5 Å². The number of rotatable bonds is 2. The molecule has 0 bridgehead atoms. The summed E-state index contributed by atoms with van der Waals surface area (Å²) in [5.41, 5.74) is 0.413. The van der Waals surface area contributed by atoms with Crippen molar-refractivity contribution in [2.24, 2.45) is 5.41 Å². The van der Waals surface area contributed by atoms with Crippen LogP contribution in [0.1, 0.15) is 55.4 Å².